The van der Waals surface area contributed by atoms with E-state index in [-0.39, 0.29) is 6.42 Å². The molecule has 0 spiro atoms. The Balaban J connectivity index is 1.57. The molecule has 0 aliphatic heterocycles. The smallest absolute Gasteiger partial charge is 0.311 e. The molecule has 0 aromatic heterocycles. The van der Waals surface area contributed by atoms with Crippen molar-refractivity contribution in [1.29, 1.82) is 5.26 Å². The van der Waals surface area contributed by atoms with Gasteiger partial charge in [-0.25, -0.2) is 0 Å². The van der Waals surface area contributed by atoms with E-state index in [0.717, 1.165) is 24.8 Å². The summed E-state index contributed by atoms with van der Waals surface area (Å²) >= 11 is 0. The van der Waals surface area contributed by atoms with E-state index in [1.54, 1.807) is 24.3 Å². The van der Waals surface area contributed by atoms with E-state index in [2.05, 4.69) is 17.4 Å². The average Bonchev–Trinajstić information content (AvgIpc) is 3.09. The van der Waals surface area contributed by atoms with Crippen LogP contribution >= 0.6 is 0 Å². The van der Waals surface area contributed by atoms with Crippen LogP contribution in [0.3, 0.4) is 0 Å². The Morgan fingerprint density at radius 3 is 2.77 bits per heavy atom. The van der Waals surface area contributed by atoms with E-state index in [4.69, 9.17) is 10.00 Å². The summed E-state index contributed by atoms with van der Waals surface area (Å²) in [5.41, 5.74) is 4.32. The topological polar surface area (TPSA) is 79.2 Å². The summed E-state index contributed by atoms with van der Waals surface area (Å²) in [6.45, 7) is 1.52. The van der Waals surface area contributed by atoms with Gasteiger partial charge < -0.3 is 10.1 Å². The van der Waals surface area contributed by atoms with Crippen LogP contribution in [0.25, 0.3) is 0 Å². The fourth-order valence-electron chi connectivity index (χ4n) is 3.12. The Morgan fingerprint density at radius 1 is 1.19 bits per heavy atom. The maximum absolute atomic E-state index is 12.2. The number of carbonyl (C=O) groups is 2. The fraction of sp³-hybridized carbons (Fsp3) is 0.286. The first-order chi connectivity index (χ1) is 12.6. The molecule has 0 saturated heterocycles. The SMILES string of the molecule is C[C@@H](OC(=O)Cc1ccc2c(c1)CCC2)C(=O)Nc1ccccc1C#N. The average molecular weight is 348 g/mol. The second-order valence-electron chi connectivity index (χ2n) is 6.41. The minimum absolute atomic E-state index is 0.139. The number of benzene rings is 2. The molecule has 0 radical (unpaired) electrons. The van der Waals surface area contributed by atoms with E-state index in [1.807, 2.05) is 12.1 Å². The van der Waals surface area contributed by atoms with Crippen molar-refractivity contribution < 1.29 is 14.3 Å². The van der Waals surface area contributed by atoms with Gasteiger partial charge in [0.1, 0.15) is 6.07 Å². The molecular formula is C21H20N2O3. The first-order valence-electron chi connectivity index (χ1n) is 8.67. The number of nitriles is 1. The van der Waals surface area contributed by atoms with Crippen molar-refractivity contribution in [1.82, 2.24) is 0 Å². The summed E-state index contributed by atoms with van der Waals surface area (Å²) in [4.78, 5) is 24.4. The number of anilines is 1. The van der Waals surface area contributed by atoms with Crippen molar-refractivity contribution in [3.8, 4) is 6.07 Å². The minimum atomic E-state index is -0.941. The molecule has 5 nitrogen and oxygen atoms in total. The first kappa shape index (κ1) is 17.7. The Bertz CT molecular complexity index is 883. The number of carbonyl (C=O) groups excluding carboxylic acids is 2. The van der Waals surface area contributed by atoms with Gasteiger partial charge in [0.25, 0.3) is 5.91 Å². The molecule has 1 N–H and O–H groups in total. The Morgan fingerprint density at radius 2 is 1.96 bits per heavy atom. The fourth-order valence-corrected chi connectivity index (χ4v) is 3.12. The molecule has 1 aliphatic rings. The quantitative estimate of drug-likeness (QED) is 0.842. The third-order valence-corrected chi connectivity index (χ3v) is 4.49. The van der Waals surface area contributed by atoms with E-state index in [9.17, 15) is 9.59 Å². The van der Waals surface area contributed by atoms with Crippen LogP contribution in [-0.2, 0) is 33.6 Å². The predicted octanol–water partition coefficient (Wildman–Crippen LogP) is 3.16. The van der Waals surface area contributed by atoms with Crippen LogP contribution in [0.5, 0.6) is 0 Å². The lowest BCUT2D eigenvalue weighted by molar-refractivity contribution is -0.152. The Labute approximate surface area is 152 Å². The third-order valence-electron chi connectivity index (χ3n) is 4.49. The highest BCUT2D eigenvalue weighted by molar-refractivity contribution is 5.96. The monoisotopic (exact) mass is 348 g/mol. The van der Waals surface area contributed by atoms with Crippen LogP contribution in [0.1, 0.15) is 35.6 Å². The minimum Gasteiger partial charge on any atom is -0.452 e. The number of amides is 1. The van der Waals surface area contributed by atoms with Gasteiger partial charge in [0, 0.05) is 0 Å². The lowest BCUT2D eigenvalue weighted by Crippen LogP contribution is -2.30. The molecule has 0 bridgehead atoms. The zero-order valence-electron chi connectivity index (χ0n) is 14.6. The second-order valence-corrected chi connectivity index (χ2v) is 6.41. The highest BCUT2D eigenvalue weighted by Gasteiger charge is 2.20. The number of hydrogen-bond acceptors (Lipinski definition) is 4. The number of hydrogen-bond donors (Lipinski definition) is 1. The van der Waals surface area contributed by atoms with Gasteiger partial charge in [-0.1, -0.05) is 30.3 Å². The number of para-hydroxylation sites is 1. The highest BCUT2D eigenvalue weighted by atomic mass is 16.5. The molecular weight excluding hydrogens is 328 g/mol. The van der Waals surface area contributed by atoms with Crippen molar-refractivity contribution in [2.24, 2.45) is 0 Å². The third kappa shape index (κ3) is 4.09. The van der Waals surface area contributed by atoms with Gasteiger partial charge in [0.15, 0.2) is 6.10 Å². The summed E-state index contributed by atoms with van der Waals surface area (Å²) < 4.78 is 5.25. The molecule has 3 rings (SSSR count). The van der Waals surface area contributed by atoms with E-state index >= 15 is 0 Å². The van der Waals surface area contributed by atoms with Crippen molar-refractivity contribution in [2.45, 2.75) is 38.7 Å². The largest absolute Gasteiger partial charge is 0.452 e. The summed E-state index contributed by atoms with van der Waals surface area (Å²) in [5.74, 6) is -0.908. The van der Waals surface area contributed by atoms with Gasteiger partial charge in [0.2, 0.25) is 0 Å². The molecule has 5 heteroatoms. The Kier molecular flexibility index (Phi) is 5.33. The van der Waals surface area contributed by atoms with Crippen LogP contribution in [0.4, 0.5) is 5.69 Å². The number of rotatable bonds is 5. The zero-order valence-corrected chi connectivity index (χ0v) is 14.6. The van der Waals surface area contributed by atoms with Crippen molar-refractivity contribution >= 4 is 17.6 Å². The molecule has 0 fully saturated rings. The highest BCUT2D eigenvalue weighted by Crippen LogP contribution is 2.23. The van der Waals surface area contributed by atoms with E-state index in [1.165, 1.54) is 18.1 Å². The maximum atomic E-state index is 12.2. The molecule has 1 atom stereocenters. The normalized spacial score (nSPS) is 13.4. The molecule has 0 saturated carbocycles. The number of ether oxygens (including phenoxy) is 1. The molecule has 1 aliphatic carbocycles. The lowest BCUT2D eigenvalue weighted by atomic mass is 10.0. The van der Waals surface area contributed by atoms with Crippen LogP contribution in [0, 0.1) is 11.3 Å². The first-order valence-corrected chi connectivity index (χ1v) is 8.67. The number of aryl methyl sites for hydroxylation is 2. The van der Waals surface area contributed by atoms with Gasteiger partial charge in [-0.15, -0.1) is 0 Å². The predicted molar refractivity (Wildman–Crippen MR) is 97.5 cm³/mol. The van der Waals surface area contributed by atoms with Crippen molar-refractivity contribution in [2.75, 3.05) is 5.32 Å². The van der Waals surface area contributed by atoms with Crippen molar-refractivity contribution in [3.63, 3.8) is 0 Å². The van der Waals surface area contributed by atoms with Gasteiger partial charge in [0.05, 0.1) is 17.7 Å². The molecule has 0 heterocycles. The lowest BCUT2D eigenvalue weighted by Gasteiger charge is -2.14. The maximum Gasteiger partial charge on any atom is 0.311 e. The van der Waals surface area contributed by atoms with Gasteiger partial charge >= 0.3 is 5.97 Å². The number of nitrogens with zero attached hydrogens (tertiary/aromatic N) is 1. The molecule has 26 heavy (non-hydrogen) atoms. The van der Waals surface area contributed by atoms with Gasteiger partial charge in [-0.2, -0.15) is 5.26 Å². The van der Waals surface area contributed by atoms with Crippen LogP contribution in [-0.4, -0.2) is 18.0 Å². The van der Waals surface area contributed by atoms with Crippen LogP contribution in [0.15, 0.2) is 42.5 Å². The van der Waals surface area contributed by atoms with Crippen molar-refractivity contribution in [3.05, 3.63) is 64.7 Å². The number of nitrogens with one attached hydrogen (secondary N) is 1. The van der Waals surface area contributed by atoms with Crippen LogP contribution < -0.4 is 5.32 Å². The summed E-state index contributed by atoms with van der Waals surface area (Å²) in [6.07, 6.45) is 2.50. The number of fused-ring (bicyclic) bond motifs is 1. The van der Waals surface area contributed by atoms with Gasteiger partial charge in [-0.3, -0.25) is 9.59 Å². The molecule has 132 valence electrons. The summed E-state index contributed by atoms with van der Waals surface area (Å²) in [6, 6.07) is 14.8. The molecule has 1 amide bonds. The van der Waals surface area contributed by atoms with Gasteiger partial charge in [-0.05, 0) is 55.0 Å². The zero-order chi connectivity index (χ0) is 18.5. The van der Waals surface area contributed by atoms with Crippen LogP contribution in [0.2, 0.25) is 0 Å². The Hall–Kier alpha value is -3.13. The second kappa shape index (κ2) is 7.83. The molecule has 2 aromatic rings. The summed E-state index contributed by atoms with van der Waals surface area (Å²) in [5, 5.41) is 11.7. The number of esters is 1. The molecule has 0 unspecified atom stereocenters. The molecule has 2 aromatic carbocycles. The van der Waals surface area contributed by atoms with E-state index < -0.39 is 18.0 Å². The standard InChI is InChI=1S/C21H20N2O3/c1-14(21(25)23-19-8-3-2-5-18(19)13-22)26-20(24)12-15-9-10-16-6-4-7-17(16)11-15/h2-3,5,8-11,14H,4,6-7,12H2,1H3,(H,23,25)/t14-/m1/s1. The van der Waals surface area contributed by atoms with E-state index in [0.29, 0.717) is 11.3 Å². The summed E-state index contributed by atoms with van der Waals surface area (Å²) in [7, 11) is 0.